The topological polar surface area (TPSA) is 24.9 Å². The molecule has 2 nitrogen and oxygen atoms in total. The van der Waals surface area contributed by atoms with Gasteiger partial charge in [0, 0.05) is 10.9 Å². The molecule has 1 aromatic heterocycles. The van der Waals surface area contributed by atoms with Crippen LogP contribution in [-0.4, -0.2) is 10.5 Å². The zero-order chi connectivity index (χ0) is 11.9. The van der Waals surface area contributed by atoms with Crippen LogP contribution >= 0.6 is 0 Å². The molecule has 1 aromatic carbocycles. The van der Waals surface area contributed by atoms with Gasteiger partial charge in [-0.25, -0.2) is 4.98 Å². The van der Waals surface area contributed by atoms with E-state index in [9.17, 15) is 0 Å². The van der Waals surface area contributed by atoms with Crippen LogP contribution in [0.2, 0.25) is 0 Å². The van der Waals surface area contributed by atoms with Gasteiger partial charge in [0.15, 0.2) is 0 Å². The van der Waals surface area contributed by atoms with Gasteiger partial charge in [0.2, 0.25) is 0 Å². The lowest BCUT2D eigenvalue weighted by Gasteiger charge is -2.40. The second-order valence-corrected chi connectivity index (χ2v) is 5.39. The van der Waals surface area contributed by atoms with Crippen LogP contribution in [0.4, 0.5) is 5.82 Å². The first kappa shape index (κ1) is 10.6. The van der Waals surface area contributed by atoms with E-state index in [2.05, 4.69) is 43.4 Å². The number of pyridine rings is 1. The van der Waals surface area contributed by atoms with Gasteiger partial charge in [-0.1, -0.05) is 18.2 Å². The van der Waals surface area contributed by atoms with Crippen LogP contribution < -0.4 is 5.32 Å². The van der Waals surface area contributed by atoms with Crippen LogP contribution in [0.25, 0.3) is 10.9 Å². The Morgan fingerprint density at radius 1 is 1.24 bits per heavy atom. The zero-order valence-electron chi connectivity index (χ0n) is 10.5. The van der Waals surface area contributed by atoms with Crippen molar-refractivity contribution < 1.29 is 0 Å². The average molecular weight is 226 g/mol. The second-order valence-electron chi connectivity index (χ2n) is 5.39. The van der Waals surface area contributed by atoms with E-state index in [1.54, 1.807) is 0 Å². The normalized spacial score (nSPS) is 17.8. The van der Waals surface area contributed by atoms with Gasteiger partial charge in [0.25, 0.3) is 0 Å². The molecule has 0 spiro atoms. The quantitative estimate of drug-likeness (QED) is 0.840. The molecule has 0 bridgehead atoms. The Morgan fingerprint density at radius 2 is 2.00 bits per heavy atom. The highest BCUT2D eigenvalue weighted by Crippen LogP contribution is 2.35. The molecule has 1 saturated carbocycles. The molecule has 17 heavy (non-hydrogen) atoms. The van der Waals surface area contributed by atoms with E-state index in [4.69, 9.17) is 4.98 Å². The van der Waals surface area contributed by atoms with Crippen LogP contribution in [0.1, 0.15) is 31.7 Å². The minimum Gasteiger partial charge on any atom is -0.365 e. The fourth-order valence-corrected chi connectivity index (χ4v) is 2.47. The van der Waals surface area contributed by atoms with Gasteiger partial charge in [-0.05, 0) is 50.8 Å². The Labute approximate surface area is 102 Å². The van der Waals surface area contributed by atoms with Gasteiger partial charge in [-0.2, -0.15) is 0 Å². The predicted octanol–water partition coefficient (Wildman–Crippen LogP) is 3.90. The summed E-state index contributed by atoms with van der Waals surface area (Å²) in [6.45, 7) is 4.41. The third kappa shape index (κ3) is 1.88. The molecule has 0 radical (unpaired) electrons. The van der Waals surface area contributed by atoms with E-state index in [1.165, 1.54) is 30.2 Å². The van der Waals surface area contributed by atoms with E-state index in [0.29, 0.717) is 0 Å². The Bertz CT molecular complexity index is 556. The minimum absolute atomic E-state index is 0.264. The van der Waals surface area contributed by atoms with Crippen molar-refractivity contribution in [2.24, 2.45) is 0 Å². The van der Waals surface area contributed by atoms with Crippen LogP contribution in [0, 0.1) is 6.92 Å². The second kappa shape index (κ2) is 3.73. The van der Waals surface area contributed by atoms with Crippen molar-refractivity contribution in [3.8, 4) is 0 Å². The number of aryl methyl sites for hydroxylation is 1. The maximum absolute atomic E-state index is 4.73. The maximum atomic E-state index is 4.73. The van der Waals surface area contributed by atoms with Crippen molar-refractivity contribution in [2.75, 3.05) is 5.32 Å². The fourth-order valence-electron chi connectivity index (χ4n) is 2.47. The summed E-state index contributed by atoms with van der Waals surface area (Å²) in [5, 5.41) is 4.82. The molecule has 2 heteroatoms. The highest BCUT2D eigenvalue weighted by molar-refractivity contribution is 5.81. The molecule has 0 amide bonds. The lowest BCUT2D eigenvalue weighted by atomic mass is 9.78. The van der Waals surface area contributed by atoms with E-state index in [-0.39, 0.29) is 5.54 Å². The molecule has 1 fully saturated rings. The molecule has 0 saturated heterocycles. The molecule has 3 rings (SSSR count). The van der Waals surface area contributed by atoms with Crippen molar-refractivity contribution in [3.05, 3.63) is 35.9 Å². The van der Waals surface area contributed by atoms with Crippen molar-refractivity contribution in [2.45, 2.75) is 38.6 Å². The van der Waals surface area contributed by atoms with Crippen molar-refractivity contribution in [1.29, 1.82) is 0 Å². The van der Waals surface area contributed by atoms with Crippen LogP contribution in [-0.2, 0) is 0 Å². The van der Waals surface area contributed by atoms with Crippen molar-refractivity contribution in [3.63, 3.8) is 0 Å². The number of hydrogen-bond acceptors (Lipinski definition) is 2. The summed E-state index contributed by atoms with van der Waals surface area (Å²) in [4.78, 5) is 4.73. The lowest BCUT2D eigenvalue weighted by Crippen LogP contribution is -2.42. The summed E-state index contributed by atoms with van der Waals surface area (Å²) in [6.07, 6.45) is 3.83. The minimum atomic E-state index is 0.264. The average Bonchev–Trinajstić information content (AvgIpc) is 2.28. The Hall–Kier alpha value is -1.57. The molecule has 0 atom stereocenters. The molecule has 0 unspecified atom stereocenters. The van der Waals surface area contributed by atoms with Crippen LogP contribution in [0.15, 0.2) is 30.3 Å². The number of rotatable bonds is 2. The Morgan fingerprint density at radius 3 is 2.71 bits per heavy atom. The van der Waals surface area contributed by atoms with Gasteiger partial charge in [0.1, 0.15) is 5.82 Å². The fraction of sp³-hybridized carbons (Fsp3) is 0.400. The number of anilines is 1. The molecular formula is C15H18N2. The standard InChI is InChI=1S/C15H18N2/c1-11-10-12-6-3-4-7-13(12)16-14(11)17-15(2)8-5-9-15/h3-4,6-7,10H,5,8-9H2,1-2H3,(H,16,17). The third-order valence-corrected chi connectivity index (χ3v) is 3.79. The van der Waals surface area contributed by atoms with E-state index in [0.717, 1.165) is 11.3 Å². The predicted molar refractivity (Wildman–Crippen MR) is 72.4 cm³/mol. The van der Waals surface area contributed by atoms with Gasteiger partial charge in [0.05, 0.1) is 5.52 Å². The summed E-state index contributed by atoms with van der Waals surface area (Å²) in [5.74, 6) is 1.05. The highest BCUT2D eigenvalue weighted by atomic mass is 15.1. The SMILES string of the molecule is Cc1cc2ccccc2nc1NC1(C)CCC1. The molecule has 1 aliphatic rings. The maximum Gasteiger partial charge on any atom is 0.130 e. The molecule has 1 aliphatic carbocycles. The number of nitrogens with one attached hydrogen (secondary N) is 1. The summed E-state index contributed by atoms with van der Waals surface area (Å²) in [5.41, 5.74) is 2.57. The lowest BCUT2D eigenvalue weighted by molar-refractivity contribution is 0.305. The molecule has 88 valence electrons. The van der Waals surface area contributed by atoms with Gasteiger partial charge in [-0.15, -0.1) is 0 Å². The van der Waals surface area contributed by atoms with Crippen LogP contribution in [0.3, 0.4) is 0 Å². The number of nitrogens with zero attached hydrogens (tertiary/aromatic N) is 1. The monoisotopic (exact) mass is 226 g/mol. The zero-order valence-corrected chi connectivity index (χ0v) is 10.5. The Kier molecular flexibility index (Phi) is 2.32. The molecule has 1 heterocycles. The Balaban J connectivity index is 2.01. The first-order valence-electron chi connectivity index (χ1n) is 6.31. The molecule has 0 aliphatic heterocycles. The smallest absolute Gasteiger partial charge is 0.130 e. The number of fused-ring (bicyclic) bond motifs is 1. The highest BCUT2D eigenvalue weighted by Gasteiger charge is 2.32. The molecular weight excluding hydrogens is 208 g/mol. The summed E-state index contributed by atoms with van der Waals surface area (Å²) in [6, 6.07) is 10.5. The summed E-state index contributed by atoms with van der Waals surface area (Å²) < 4.78 is 0. The van der Waals surface area contributed by atoms with Gasteiger partial charge < -0.3 is 5.32 Å². The summed E-state index contributed by atoms with van der Waals surface area (Å²) >= 11 is 0. The van der Waals surface area contributed by atoms with Crippen molar-refractivity contribution in [1.82, 2.24) is 4.98 Å². The largest absolute Gasteiger partial charge is 0.365 e. The molecule has 2 aromatic rings. The van der Waals surface area contributed by atoms with Gasteiger partial charge in [-0.3, -0.25) is 0 Å². The number of benzene rings is 1. The number of para-hydroxylation sites is 1. The van der Waals surface area contributed by atoms with E-state index >= 15 is 0 Å². The summed E-state index contributed by atoms with van der Waals surface area (Å²) in [7, 11) is 0. The van der Waals surface area contributed by atoms with E-state index in [1.807, 2.05) is 6.07 Å². The third-order valence-electron chi connectivity index (χ3n) is 3.79. The van der Waals surface area contributed by atoms with Crippen LogP contribution in [0.5, 0.6) is 0 Å². The van der Waals surface area contributed by atoms with Crippen molar-refractivity contribution >= 4 is 16.7 Å². The number of hydrogen-bond donors (Lipinski definition) is 1. The van der Waals surface area contributed by atoms with Gasteiger partial charge >= 0.3 is 0 Å². The molecule has 1 N–H and O–H groups in total. The van der Waals surface area contributed by atoms with E-state index < -0.39 is 0 Å². The first-order chi connectivity index (χ1) is 8.16. The number of aromatic nitrogens is 1. The first-order valence-corrected chi connectivity index (χ1v) is 6.31.